The number of rotatable bonds is 22. The molecule has 0 aliphatic carbocycles. The number of pyridine rings is 2. The van der Waals surface area contributed by atoms with Crippen molar-refractivity contribution in [2.24, 2.45) is 0 Å². The van der Waals surface area contributed by atoms with Crippen LogP contribution in [0, 0.1) is 0 Å². The zero-order valence-electron chi connectivity index (χ0n) is 31.6. The van der Waals surface area contributed by atoms with E-state index in [1.807, 2.05) is 13.0 Å². The maximum atomic E-state index is 13.9. The minimum Gasteiger partial charge on any atom is -0.508 e. The molecular formula is C42H57N3O8. The number of aliphatic carboxylic acids is 1. The molecule has 2 aliphatic heterocycles. The van der Waals surface area contributed by atoms with Gasteiger partial charge in [0.25, 0.3) is 5.56 Å². The average Bonchev–Trinajstić information content (AvgIpc) is 3.51. The number of esters is 1. The lowest BCUT2D eigenvalue weighted by atomic mass is 9.86. The van der Waals surface area contributed by atoms with Gasteiger partial charge in [-0.2, -0.15) is 0 Å². The van der Waals surface area contributed by atoms with Gasteiger partial charge in [0.1, 0.15) is 12.3 Å². The Balaban J connectivity index is 1.05. The first-order valence-corrected chi connectivity index (χ1v) is 19.9. The molecule has 0 bridgehead atoms. The first-order valence-electron chi connectivity index (χ1n) is 19.9. The highest BCUT2D eigenvalue weighted by atomic mass is 16.6. The summed E-state index contributed by atoms with van der Waals surface area (Å²) in [5.41, 5.74) is 3.85. The van der Waals surface area contributed by atoms with Crippen molar-refractivity contribution >= 4 is 28.7 Å². The largest absolute Gasteiger partial charge is 0.508 e. The highest BCUT2D eigenvalue weighted by molar-refractivity contribution is 5.89. The molecule has 288 valence electrons. The second-order valence-corrected chi connectivity index (χ2v) is 14.7. The van der Waals surface area contributed by atoms with Crippen LogP contribution < -0.4 is 10.9 Å². The fourth-order valence-corrected chi connectivity index (χ4v) is 7.93. The van der Waals surface area contributed by atoms with Gasteiger partial charge in [0.2, 0.25) is 5.91 Å². The van der Waals surface area contributed by atoms with Gasteiger partial charge in [0.05, 0.1) is 42.2 Å². The van der Waals surface area contributed by atoms with Crippen LogP contribution in [-0.4, -0.2) is 50.8 Å². The summed E-state index contributed by atoms with van der Waals surface area (Å²) in [5.74, 6) is -1.29. The molecule has 11 nitrogen and oxygen atoms in total. The summed E-state index contributed by atoms with van der Waals surface area (Å²) in [6.45, 7) is 4.28. The molecule has 2 aromatic heterocycles. The van der Waals surface area contributed by atoms with Gasteiger partial charge in [-0.05, 0) is 55.5 Å². The van der Waals surface area contributed by atoms with E-state index >= 15 is 0 Å². The van der Waals surface area contributed by atoms with Crippen molar-refractivity contribution in [3.63, 3.8) is 0 Å². The first-order chi connectivity index (χ1) is 25.7. The lowest BCUT2D eigenvalue weighted by Gasteiger charge is -2.37. The second-order valence-electron chi connectivity index (χ2n) is 14.7. The average molecular weight is 732 g/mol. The van der Waals surface area contributed by atoms with E-state index in [0.717, 1.165) is 72.7 Å². The number of unbranched alkanes of at least 4 members (excludes halogenated alkanes) is 13. The third kappa shape index (κ3) is 10.0. The molecule has 1 atom stereocenters. The first kappa shape index (κ1) is 39.9. The molecule has 1 amide bonds. The van der Waals surface area contributed by atoms with E-state index in [4.69, 9.17) is 19.6 Å². The number of fused-ring (bicyclic) bond motifs is 5. The normalized spacial score (nSPS) is 15.9. The predicted octanol–water partition coefficient (Wildman–Crippen LogP) is 7.81. The van der Waals surface area contributed by atoms with Gasteiger partial charge < -0.3 is 29.6 Å². The molecule has 4 heterocycles. The number of nitrogens with zero attached hydrogens (tertiary/aromatic N) is 2. The summed E-state index contributed by atoms with van der Waals surface area (Å²) in [5, 5.41) is 22.4. The van der Waals surface area contributed by atoms with Gasteiger partial charge >= 0.3 is 11.9 Å². The van der Waals surface area contributed by atoms with Gasteiger partial charge in [-0.3, -0.25) is 19.2 Å². The summed E-state index contributed by atoms with van der Waals surface area (Å²) < 4.78 is 13.7. The predicted molar refractivity (Wildman–Crippen MR) is 204 cm³/mol. The number of carbonyl (C=O) groups excluding carboxylic acids is 2. The van der Waals surface area contributed by atoms with Crippen LogP contribution in [0.2, 0.25) is 0 Å². The van der Waals surface area contributed by atoms with Crippen LogP contribution in [0.25, 0.3) is 22.3 Å². The summed E-state index contributed by atoms with van der Waals surface area (Å²) in [6, 6.07) is 7.04. The number of aryl methyl sites for hydroxylation is 1. The van der Waals surface area contributed by atoms with E-state index < -0.39 is 17.5 Å². The minimum atomic E-state index is -1.17. The summed E-state index contributed by atoms with van der Waals surface area (Å²) in [6.07, 6.45) is 17.3. The number of hydrogen-bond donors (Lipinski definition) is 3. The van der Waals surface area contributed by atoms with Crippen molar-refractivity contribution in [2.45, 2.75) is 148 Å². The Hall–Kier alpha value is -4.25. The maximum Gasteiger partial charge on any atom is 0.326 e. The maximum absolute atomic E-state index is 13.9. The van der Waals surface area contributed by atoms with Gasteiger partial charge in [-0.15, -0.1) is 0 Å². The number of benzene rings is 1. The van der Waals surface area contributed by atoms with Crippen molar-refractivity contribution in [3.8, 4) is 17.1 Å². The van der Waals surface area contributed by atoms with Crippen LogP contribution in [0.5, 0.6) is 5.75 Å². The fourth-order valence-electron chi connectivity index (χ4n) is 7.93. The zero-order chi connectivity index (χ0) is 37.8. The summed E-state index contributed by atoms with van der Waals surface area (Å²) in [4.78, 5) is 55.1. The molecule has 3 N–H and O–H groups in total. The van der Waals surface area contributed by atoms with Crippen molar-refractivity contribution in [3.05, 3.63) is 56.9 Å². The van der Waals surface area contributed by atoms with Gasteiger partial charge in [0, 0.05) is 29.4 Å². The van der Waals surface area contributed by atoms with E-state index in [2.05, 4.69) is 12.2 Å². The molecule has 2 aliphatic rings. The Bertz CT molecular complexity index is 1820. The number of nitrogens with one attached hydrogen (secondary N) is 1. The van der Waals surface area contributed by atoms with E-state index in [0.29, 0.717) is 42.6 Å². The minimum absolute atomic E-state index is 0.105. The quantitative estimate of drug-likeness (QED) is 0.0542. The second kappa shape index (κ2) is 19.2. The third-order valence-electron chi connectivity index (χ3n) is 10.9. The molecule has 53 heavy (non-hydrogen) atoms. The van der Waals surface area contributed by atoms with E-state index in [1.165, 1.54) is 44.9 Å². The summed E-state index contributed by atoms with van der Waals surface area (Å²) >= 11 is 0. The third-order valence-corrected chi connectivity index (χ3v) is 10.9. The van der Waals surface area contributed by atoms with Crippen LogP contribution in [0.4, 0.5) is 0 Å². The zero-order valence-corrected chi connectivity index (χ0v) is 31.6. The molecule has 0 fully saturated rings. The van der Waals surface area contributed by atoms with Crippen LogP contribution in [-0.2, 0) is 49.0 Å². The molecule has 3 aromatic rings. The SMILES string of the molecule is CCc1c2c(nc3ccc(O)cc13)-c1cc3c(c(=O)n1C2)COC[C@@]3(CC)OC(=O)CNC(=O)CCCCCCCCCCCCCCCCC(=O)O. The molecule has 11 heteroatoms. The van der Waals surface area contributed by atoms with Crippen LogP contribution in [0.1, 0.15) is 145 Å². The number of carboxylic acids is 1. The Labute approximate surface area is 312 Å². The van der Waals surface area contributed by atoms with Crippen molar-refractivity contribution in [1.82, 2.24) is 14.9 Å². The van der Waals surface area contributed by atoms with Crippen LogP contribution in [0.15, 0.2) is 29.1 Å². The highest BCUT2D eigenvalue weighted by Gasteiger charge is 2.43. The highest BCUT2D eigenvalue weighted by Crippen LogP contribution is 2.41. The van der Waals surface area contributed by atoms with Crippen molar-refractivity contribution in [1.29, 1.82) is 0 Å². The Morgan fingerprint density at radius 3 is 2.11 bits per heavy atom. The Morgan fingerprint density at radius 2 is 1.51 bits per heavy atom. The number of amides is 1. The number of aromatic nitrogens is 2. The molecule has 0 unspecified atom stereocenters. The molecule has 0 saturated heterocycles. The topological polar surface area (TPSA) is 157 Å². The van der Waals surface area contributed by atoms with Gasteiger partial charge in [-0.25, -0.2) is 4.98 Å². The molecule has 0 spiro atoms. The van der Waals surface area contributed by atoms with Crippen LogP contribution in [0.3, 0.4) is 0 Å². The van der Waals surface area contributed by atoms with Gasteiger partial charge in [-0.1, -0.05) is 90.9 Å². The lowest BCUT2D eigenvalue weighted by molar-refractivity contribution is -0.172. The number of ether oxygens (including phenoxy) is 2. The number of aromatic hydroxyl groups is 1. The Kier molecular flexibility index (Phi) is 14.5. The summed E-state index contributed by atoms with van der Waals surface area (Å²) in [7, 11) is 0. The molecule has 0 saturated carbocycles. The van der Waals surface area contributed by atoms with Crippen molar-refractivity contribution in [2.75, 3.05) is 13.2 Å². The van der Waals surface area contributed by atoms with Crippen LogP contribution >= 0.6 is 0 Å². The number of carboxylic acid groups (broad SMARTS) is 1. The van der Waals surface area contributed by atoms with Gasteiger partial charge in [0.15, 0.2) is 5.60 Å². The molecule has 5 rings (SSSR count). The standard InChI is InChI=1S/C42H57N3O8/c1-3-30-31-23-29(46)21-22-35(31)44-40-32(30)26-45-36(40)24-34-33(41(45)51)27-52-28-42(34,4-2)53-39(50)25-43-37(47)19-17-15-13-11-9-7-5-6-8-10-12-14-16-18-20-38(48)49/h21-24,46H,3-20,25-28H2,1-2H3,(H,43,47)(H,48,49)/t42-/m1/s1. The fraction of sp³-hybridized carbons (Fsp3) is 0.595. The number of carbonyl (C=O) groups is 3. The van der Waals surface area contributed by atoms with E-state index in [-0.39, 0.29) is 43.4 Å². The molecular weight excluding hydrogens is 674 g/mol. The monoisotopic (exact) mass is 731 g/mol. The van der Waals surface area contributed by atoms with E-state index in [1.54, 1.807) is 22.8 Å². The van der Waals surface area contributed by atoms with Crippen molar-refractivity contribution < 1.29 is 34.1 Å². The number of phenolic OH excluding ortho intramolecular Hbond substituents is 1. The molecule has 0 radical (unpaired) electrons. The lowest BCUT2D eigenvalue weighted by Crippen LogP contribution is -2.45. The number of phenols is 1. The number of hydrogen-bond acceptors (Lipinski definition) is 8. The Morgan fingerprint density at radius 1 is 0.887 bits per heavy atom. The smallest absolute Gasteiger partial charge is 0.326 e. The van der Waals surface area contributed by atoms with E-state index in [9.17, 15) is 24.3 Å². The molecule has 1 aromatic carbocycles.